The number of hydrogen-bond donors (Lipinski definition) is 0. The van der Waals surface area contributed by atoms with Gasteiger partial charge in [-0.05, 0) is 36.6 Å². The van der Waals surface area contributed by atoms with Crippen molar-refractivity contribution in [2.24, 2.45) is 0 Å². The van der Waals surface area contributed by atoms with Crippen LogP contribution in [0.25, 0.3) is 0 Å². The molecule has 0 spiro atoms. The molecule has 1 aromatic carbocycles. The van der Waals surface area contributed by atoms with Crippen LogP contribution < -0.4 is 4.90 Å². The van der Waals surface area contributed by atoms with Crippen LogP contribution in [0.15, 0.2) is 30.5 Å². The maximum atomic E-state index is 12.8. The fourth-order valence-electron chi connectivity index (χ4n) is 3.19. The van der Waals surface area contributed by atoms with Crippen LogP contribution in [-0.4, -0.2) is 42.0 Å². The number of carbonyl (C=O) groups is 1. The topological polar surface area (TPSA) is 36.4 Å². The second-order valence-electron chi connectivity index (χ2n) is 6.98. The highest BCUT2D eigenvalue weighted by atomic mass is 35.5. The van der Waals surface area contributed by atoms with Gasteiger partial charge in [-0.25, -0.2) is 4.98 Å². The Balaban J connectivity index is 1.54. The minimum absolute atomic E-state index is 0.0350. The van der Waals surface area contributed by atoms with Crippen molar-refractivity contribution in [3.8, 4) is 0 Å². The fraction of sp³-hybridized carbons (Fsp3) is 0.400. The summed E-state index contributed by atoms with van der Waals surface area (Å²) in [4.78, 5) is 19.9. The molecule has 0 N–H and O–H groups in total. The van der Waals surface area contributed by atoms with Gasteiger partial charge in [0, 0.05) is 43.8 Å². The normalized spacial score (nSPS) is 15.0. The highest BCUT2D eigenvalue weighted by Gasteiger charge is 2.32. The van der Waals surface area contributed by atoms with E-state index in [1.54, 1.807) is 9.80 Å². The first kappa shape index (κ1) is 21.7. The molecular weight excluding hydrogens is 426 g/mol. The van der Waals surface area contributed by atoms with Crippen LogP contribution in [0, 0.1) is 6.92 Å². The largest absolute Gasteiger partial charge is 0.417 e. The molecule has 9 heteroatoms. The van der Waals surface area contributed by atoms with Crippen LogP contribution in [0.4, 0.5) is 19.0 Å². The van der Waals surface area contributed by atoms with E-state index in [1.165, 1.54) is 0 Å². The molecule has 1 aliphatic heterocycles. The third-order valence-electron chi connectivity index (χ3n) is 4.94. The quantitative estimate of drug-likeness (QED) is 0.664. The van der Waals surface area contributed by atoms with Gasteiger partial charge >= 0.3 is 6.18 Å². The van der Waals surface area contributed by atoms with Crippen molar-refractivity contribution < 1.29 is 18.0 Å². The number of benzene rings is 1. The Morgan fingerprint density at radius 3 is 2.38 bits per heavy atom. The van der Waals surface area contributed by atoms with Crippen molar-refractivity contribution in [1.82, 2.24) is 9.88 Å². The van der Waals surface area contributed by atoms with Gasteiger partial charge in [-0.3, -0.25) is 4.79 Å². The monoisotopic (exact) mass is 445 g/mol. The van der Waals surface area contributed by atoms with Gasteiger partial charge in [-0.2, -0.15) is 13.2 Å². The number of aromatic nitrogens is 1. The van der Waals surface area contributed by atoms with Gasteiger partial charge in [0.15, 0.2) is 0 Å². The third kappa shape index (κ3) is 5.34. The molecule has 2 heterocycles. The highest BCUT2D eigenvalue weighted by molar-refractivity contribution is 6.33. The Morgan fingerprint density at radius 2 is 1.79 bits per heavy atom. The van der Waals surface area contributed by atoms with Gasteiger partial charge in [0.1, 0.15) is 5.82 Å². The molecule has 0 saturated carbocycles. The van der Waals surface area contributed by atoms with Crippen LogP contribution >= 0.6 is 23.2 Å². The van der Waals surface area contributed by atoms with Crippen LogP contribution in [0.2, 0.25) is 10.0 Å². The zero-order chi connectivity index (χ0) is 21.2. The van der Waals surface area contributed by atoms with Crippen molar-refractivity contribution in [2.45, 2.75) is 25.9 Å². The Labute approximate surface area is 177 Å². The summed E-state index contributed by atoms with van der Waals surface area (Å²) < 4.78 is 38.3. The van der Waals surface area contributed by atoms with Gasteiger partial charge < -0.3 is 9.80 Å². The van der Waals surface area contributed by atoms with Crippen molar-refractivity contribution in [2.75, 3.05) is 31.1 Å². The molecule has 29 heavy (non-hydrogen) atoms. The lowest BCUT2D eigenvalue weighted by atomic mass is 10.1. The van der Waals surface area contributed by atoms with Crippen LogP contribution in [0.1, 0.15) is 23.1 Å². The Kier molecular flexibility index (Phi) is 6.58. The summed E-state index contributed by atoms with van der Waals surface area (Å²) in [5.41, 5.74) is 1.12. The third-order valence-corrected chi connectivity index (χ3v) is 5.63. The highest BCUT2D eigenvalue weighted by Crippen LogP contribution is 2.33. The standard InChI is InChI=1S/C20H20Cl2F3N3O/c1-13-2-3-14(10-16(13)21)4-5-18(29)27-6-8-28(9-7-27)19-17(22)11-15(12-26-19)20(23,24)25/h2-3,10-12H,4-9H2,1H3. The SMILES string of the molecule is Cc1ccc(CCC(=O)N2CCN(c3ncc(C(F)(F)F)cc3Cl)CC2)cc1Cl. The van der Waals surface area contributed by atoms with Crippen molar-refractivity contribution in [3.63, 3.8) is 0 Å². The summed E-state index contributed by atoms with van der Waals surface area (Å²) in [5, 5.41) is 0.639. The maximum absolute atomic E-state index is 12.8. The van der Waals surface area contributed by atoms with Gasteiger partial charge in [0.2, 0.25) is 5.91 Å². The van der Waals surface area contributed by atoms with Gasteiger partial charge in [0.25, 0.3) is 0 Å². The number of piperazine rings is 1. The summed E-state index contributed by atoms with van der Waals surface area (Å²) in [5.74, 6) is 0.342. The van der Waals surface area contributed by atoms with E-state index in [1.807, 2.05) is 25.1 Å². The van der Waals surface area contributed by atoms with E-state index in [2.05, 4.69) is 4.98 Å². The number of anilines is 1. The molecule has 1 fully saturated rings. The van der Waals surface area contributed by atoms with Gasteiger partial charge in [-0.1, -0.05) is 35.3 Å². The number of hydrogen-bond acceptors (Lipinski definition) is 3. The first-order chi connectivity index (χ1) is 13.6. The minimum atomic E-state index is -4.48. The molecule has 4 nitrogen and oxygen atoms in total. The Bertz CT molecular complexity index is 897. The first-order valence-electron chi connectivity index (χ1n) is 9.15. The lowest BCUT2D eigenvalue weighted by Gasteiger charge is -2.36. The molecule has 1 aliphatic rings. The van der Waals surface area contributed by atoms with E-state index in [4.69, 9.17) is 23.2 Å². The molecule has 0 bridgehead atoms. The number of carbonyl (C=O) groups excluding carboxylic acids is 1. The lowest BCUT2D eigenvalue weighted by Crippen LogP contribution is -2.49. The second kappa shape index (κ2) is 8.79. The maximum Gasteiger partial charge on any atom is 0.417 e. The van der Waals surface area contributed by atoms with E-state index in [9.17, 15) is 18.0 Å². The Morgan fingerprint density at radius 1 is 1.10 bits per heavy atom. The predicted octanol–water partition coefficient (Wildman–Crippen LogP) is 5.00. The zero-order valence-corrected chi connectivity index (χ0v) is 17.3. The van der Waals surface area contributed by atoms with E-state index < -0.39 is 11.7 Å². The molecule has 1 aromatic heterocycles. The number of halogens is 5. The molecule has 0 radical (unpaired) electrons. The van der Waals surface area contributed by atoms with Crippen LogP contribution in [0.3, 0.4) is 0 Å². The zero-order valence-electron chi connectivity index (χ0n) is 15.8. The number of aryl methyl sites for hydroxylation is 2. The molecule has 0 unspecified atom stereocenters. The van der Waals surface area contributed by atoms with E-state index in [0.29, 0.717) is 49.9 Å². The van der Waals surface area contributed by atoms with Crippen molar-refractivity contribution in [3.05, 3.63) is 57.2 Å². The van der Waals surface area contributed by atoms with Crippen LogP contribution in [0.5, 0.6) is 0 Å². The molecular formula is C20H20Cl2F3N3O. The molecule has 156 valence electrons. The summed E-state index contributed by atoms with van der Waals surface area (Å²) in [6.45, 7) is 3.77. The van der Waals surface area contributed by atoms with E-state index in [0.717, 1.165) is 23.4 Å². The average Bonchev–Trinajstić information content (AvgIpc) is 2.68. The van der Waals surface area contributed by atoms with Crippen molar-refractivity contribution in [1.29, 1.82) is 0 Å². The summed E-state index contributed by atoms with van der Waals surface area (Å²) in [6, 6.07) is 6.65. The number of alkyl halides is 3. The molecule has 0 aliphatic carbocycles. The molecule has 3 rings (SSSR count). The van der Waals surface area contributed by atoms with E-state index >= 15 is 0 Å². The number of pyridine rings is 1. The predicted molar refractivity (Wildman–Crippen MR) is 108 cm³/mol. The van der Waals surface area contributed by atoms with E-state index in [-0.39, 0.29) is 10.9 Å². The average molecular weight is 446 g/mol. The van der Waals surface area contributed by atoms with Gasteiger partial charge in [-0.15, -0.1) is 0 Å². The molecule has 1 amide bonds. The second-order valence-corrected chi connectivity index (χ2v) is 7.79. The summed E-state index contributed by atoms with van der Waals surface area (Å²) >= 11 is 12.1. The number of nitrogens with zero attached hydrogens (tertiary/aromatic N) is 3. The Hall–Kier alpha value is -1.99. The van der Waals surface area contributed by atoms with Gasteiger partial charge in [0.05, 0.1) is 10.6 Å². The van der Waals surface area contributed by atoms with Crippen LogP contribution in [-0.2, 0) is 17.4 Å². The first-order valence-corrected chi connectivity index (χ1v) is 9.91. The lowest BCUT2D eigenvalue weighted by molar-refractivity contribution is -0.137. The minimum Gasteiger partial charge on any atom is -0.352 e. The molecule has 0 atom stereocenters. The number of rotatable bonds is 4. The number of amides is 1. The molecule has 2 aromatic rings. The van der Waals surface area contributed by atoms with Crippen molar-refractivity contribution >= 4 is 34.9 Å². The smallest absolute Gasteiger partial charge is 0.352 e. The molecule has 1 saturated heterocycles. The summed E-state index contributed by atoms with van der Waals surface area (Å²) in [6.07, 6.45) is -2.72. The fourth-order valence-corrected chi connectivity index (χ4v) is 3.68. The summed E-state index contributed by atoms with van der Waals surface area (Å²) in [7, 11) is 0.